The van der Waals surface area contributed by atoms with Crippen LogP contribution in [0, 0.1) is 0 Å². The zero-order valence-electron chi connectivity index (χ0n) is 6.05. The van der Waals surface area contributed by atoms with Crippen LogP contribution in [0.2, 0.25) is 0 Å². The summed E-state index contributed by atoms with van der Waals surface area (Å²) in [6, 6.07) is 0. The molecule has 0 heterocycles. The van der Waals surface area contributed by atoms with Crippen LogP contribution >= 0.6 is 0 Å². The molecule has 2 heteroatoms. The molecule has 0 rings (SSSR count). The molecule has 0 aliphatic heterocycles. The lowest BCUT2D eigenvalue weighted by Gasteiger charge is -1.89. The molecule has 0 unspecified atom stereocenters. The first-order valence-electron chi connectivity index (χ1n) is 3.38. The fraction of sp³-hybridized carbons (Fsp3) is 0.833. The van der Waals surface area contributed by atoms with Gasteiger partial charge in [0.25, 0.3) is 0 Å². The SMILES string of the molecule is [2H][C@@H](CCC)CC(=O)O. The second-order valence-electron chi connectivity index (χ2n) is 1.68. The Morgan fingerprint density at radius 1 is 1.88 bits per heavy atom. The summed E-state index contributed by atoms with van der Waals surface area (Å²) in [5, 5.41) is 8.19. The van der Waals surface area contributed by atoms with E-state index in [-0.39, 0.29) is 6.42 Å². The molecule has 1 N–H and O–H groups in total. The maximum Gasteiger partial charge on any atom is 0.303 e. The maximum atomic E-state index is 9.96. The molecule has 2 nitrogen and oxygen atoms in total. The number of carboxylic acids is 1. The average Bonchev–Trinajstić information content (AvgIpc) is 1.63. The van der Waals surface area contributed by atoms with Crippen LogP contribution in [0.15, 0.2) is 0 Å². The molecule has 0 aliphatic rings. The van der Waals surface area contributed by atoms with Crippen molar-refractivity contribution in [1.82, 2.24) is 0 Å². The highest BCUT2D eigenvalue weighted by Gasteiger charge is 1.92. The number of hydrogen-bond acceptors (Lipinski definition) is 1. The van der Waals surface area contributed by atoms with E-state index >= 15 is 0 Å². The minimum absolute atomic E-state index is 0.0200. The van der Waals surface area contributed by atoms with Gasteiger partial charge in [0, 0.05) is 7.79 Å². The highest BCUT2D eigenvalue weighted by molar-refractivity contribution is 5.66. The predicted octanol–water partition coefficient (Wildman–Crippen LogP) is 1.65. The Hall–Kier alpha value is -0.530. The molecule has 0 radical (unpaired) electrons. The summed E-state index contributed by atoms with van der Waals surface area (Å²) in [7, 11) is 0. The number of hydrogen-bond donors (Lipinski definition) is 1. The van der Waals surface area contributed by atoms with Crippen molar-refractivity contribution < 1.29 is 11.3 Å². The molecule has 0 aromatic heterocycles. The van der Waals surface area contributed by atoms with E-state index in [1.54, 1.807) is 0 Å². The summed E-state index contributed by atoms with van der Waals surface area (Å²) >= 11 is 0. The van der Waals surface area contributed by atoms with Crippen molar-refractivity contribution in [2.75, 3.05) is 0 Å². The fourth-order valence-corrected chi connectivity index (χ4v) is 0.430. The van der Waals surface area contributed by atoms with Gasteiger partial charge in [-0.15, -0.1) is 0 Å². The molecule has 0 aromatic rings. The molecule has 0 saturated carbocycles. The molecular formula is C6H12O2. The zero-order valence-corrected chi connectivity index (χ0v) is 5.05. The first kappa shape index (κ1) is 5.60. The average molecular weight is 117 g/mol. The van der Waals surface area contributed by atoms with Crippen molar-refractivity contribution in [3.05, 3.63) is 0 Å². The fourth-order valence-electron chi connectivity index (χ4n) is 0.430. The minimum atomic E-state index is -0.872. The molecule has 48 valence electrons. The van der Waals surface area contributed by atoms with E-state index in [0.29, 0.717) is 6.42 Å². The Balaban J connectivity index is 3.26. The molecule has 0 fully saturated rings. The number of rotatable bonds is 4. The van der Waals surface area contributed by atoms with Crippen LogP contribution in [-0.4, -0.2) is 11.1 Å². The van der Waals surface area contributed by atoms with Gasteiger partial charge < -0.3 is 5.11 Å². The molecule has 0 bridgehead atoms. The number of carboxylic acid groups (broad SMARTS) is 1. The van der Waals surface area contributed by atoms with Crippen LogP contribution in [0.4, 0.5) is 0 Å². The van der Waals surface area contributed by atoms with E-state index in [1.165, 1.54) is 0 Å². The molecule has 0 aromatic carbocycles. The van der Waals surface area contributed by atoms with E-state index in [2.05, 4.69) is 0 Å². The highest BCUT2D eigenvalue weighted by Crippen LogP contribution is 1.97. The number of carbonyl (C=O) groups is 1. The van der Waals surface area contributed by atoms with Crippen molar-refractivity contribution in [3.8, 4) is 0 Å². The van der Waals surface area contributed by atoms with Crippen molar-refractivity contribution in [2.24, 2.45) is 0 Å². The monoisotopic (exact) mass is 117 g/mol. The van der Waals surface area contributed by atoms with E-state index in [9.17, 15) is 4.79 Å². The normalized spacial score (nSPS) is 14.9. The largest absolute Gasteiger partial charge is 0.481 e. The molecule has 0 amide bonds. The van der Waals surface area contributed by atoms with Gasteiger partial charge in [-0.05, 0) is 6.40 Å². The van der Waals surface area contributed by atoms with Gasteiger partial charge in [-0.1, -0.05) is 19.8 Å². The van der Waals surface area contributed by atoms with Crippen LogP contribution in [0.3, 0.4) is 0 Å². The van der Waals surface area contributed by atoms with Crippen LogP contribution in [0.1, 0.15) is 34.0 Å². The van der Waals surface area contributed by atoms with E-state index in [1.807, 2.05) is 6.92 Å². The third kappa shape index (κ3) is 5.47. The minimum Gasteiger partial charge on any atom is -0.481 e. The lowest BCUT2D eigenvalue weighted by Crippen LogP contribution is -1.92. The lowest BCUT2D eigenvalue weighted by molar-refractivity contribution is -0.137. The van der Waals surface area contributed by atoms with Gasteiger partial charge in [-0.3, -0.25) is 4.79 Å². The van der Waals surface area contributed by atoms with E-state index in [4.69, 9.17) is 6.48 Å². The molecule has 8 heavy (non-hydrogen) atoms. The first-order valence-corrected chi connectivity index (χ1v) is 2.80. The zero-order chi connectivity index (χ0) is 7.28. The van der Waals surface area contributed by atoms with Crippen molar-refractivity contribution >= 4 is 5.97 Å². The highest BCUT2D eigenvalue weighted by atomic mass is 16.4. The van der Waals surface area contributed by atoms with Gasteiger partial charge in [0.05, 0.1) is 0 Å². The second-order valence-corrected chi connectivity index (χ2v) is 1.68. The van der Waals surface area contributed by atoms with Gasteiger partial charge in [0.2, 0.25) is 0 Å². The maximum absolute atomic E-state index is 9.96. The Labute approximate surface area is 50.9 Å². The Morgan fingerprint density at radius 3 is 2.88 bits per heavy atom. The lowest BCUT2D eigenvalue weighted by atomic mass is 10.2. The van der Waals surface area contributed by atoms with Crippen LogP contribution < -0.4 is 0 Å². The van der Waals surface area contributed by atoms with Crippen LogP contribution in [0.25, 0.3) is 0 Å². The smallest absolute Gasteiger partial charge is 0.303 e. The summed E-state index contributed by atoms with van der Waals surface area (Å²) in [5.74, 6) is -0.872. The quantitative estimate of drug-likeness (QED) is 0.608. The Bertz CT molecular complexity index is 93.1. The molecule has 0 aliphatic carbocycles. The summed E-state index contributed by atoms with van der Waals surface area (Å²) < 4.78 is 7.12. The van der Waals surface area contributed by atoms with Gasteiger partial charge >= 0.3 is 5.97 Å². The van der Waals surface area contributed by atoms with Gasteiger partial charge in [-0.2, -0.15) is 0 Å². The molecule has 0 spiro atoms. The van der Waals surface area contributed by atoms with Crippen molar-refractivity contribution in [2.45, 2.75) is 32.6 Å². The van der Waals surface area contributed by atoms with Gasteiger partial charge in [-0.25, -0.2) is 0 Å². The summed E-state index contributed by atoms with van der Waals surface area (Å²) in [6.45, 7) is 1.95. The first-order chi connectivity index (χ1) is 4.16. The molecule has 0 saturated heterocycles. The van der Waals surface area contributed by atoms with Gasteiger partial charge in [0.1, 0.15) is 0 Å². The predicted molar refractivity (Wildman–Crippen MR) is 31.8 cm³/mol. The molecular weight excluding hydrogens is 104 g/mol. The standard InChI is InChI=1S/C6H12O2/c1-2-3-4-5-6(7)8/h2-5H2,1H3,(H,7,8)/i4D/t4-/m0/s1. The Morgan fingerprint density at radius 2 is 2.50 bits per heavy atom. The third-order valence-corrected chi connectivity index (χ3v) is 0.812. The van der Waals surface area contributed by atoms with E-state index < -0.39 is 12.4 Å². The van der Waals surface area contributed by atoms with Gasteiger partial charge in [0.15, 0.2) is 0 Å². The second kappa shape index (κ2) is 4.62. The third-order valence-electron chi connectivity index (χ3n) is 0.812. The van der Waals surface area contributed by atoms with Crippen molar-refractivity contribution in [3.63, 3.8) is 0 Å². The van der Waals surface area contributed by atoms with Crippen LogP contribution in [-0.2, 0) is 4.79 Å². The topological polar surface area (TPSA) is 37.3 Å². The van der Waals surface area contributed by atoms with E-state index in [0.717, 1.165) is 6.42 Å². The van der Waals surface area contributed by atoms with Crippen molar-refractivity contribution in [1.29, 1.82) is 0 Å². The Kier molecular flexibility index (Phi) is 3.24. The van der Waals surface area contributed by atoms with Crippen LogP contribution in [0.5, 0.6) is 0 Å². The summed E-state index contributed by atoms with van der Waals surface area (Å²) in [6.07, 6.45) is 1.15. The summed E-state index contributed by atoms with van der Waals surface area (Å²) in [4.78, 5) is 9.96. The summed E-state index contributed by atoms with van der Waals surface area (Å²) in [5.41, 5.74) is 0. The molecule has 1 atom stereocenters. The number of aliphatic carboxylic acids is 1.